The normalized spacial score (nSPS) is 12.6. The van der Waals surface area contributed by atoms with Gasteiger partial charge >= 0.3 is 5.97 Å². The van der Waals surface area contributed by atoms with Gasteiger partial charge in [-0.2, -0.15) is 0 Å². The van der Waals surface area contributed by atoms with Crippen molar-refractivity contribution in [1.82, 2.24) is 4.98 Å². The quantitative estimate of drug-likeness (QED) is 0.589. The molecule has 0 aromatic carbocycles. The number of carbonyl (C=O) groups is 1. The summed E-state index contributed by atoms with van der Waals surface area (Å²) in [5.74, 6) is -0.362. The number of pyridine rings is 1. The summed E-state index contributed by atoms with van der Waals surface area (Å²) < 4.78 is 4.77. The molecular weight excluding hydrogens is 214 g/mol. The average Bonchev–Trinajstić information content (AvgIpc) is 2.17. The zero-order chi connectivity index (χ0) is 11.4. The molecule has 0 spiro atoms. The predicted molar refractivity (Wildman–Crippen MR) is 58.8 cm³/mol. The van der Waals surface area contributed by atoms with Gasteiger partial charge in [0.2, 0.25) is 0 Å². The van der Waals surface area contributed by atoms with Crippen molar-refractivity contribution in [3.8, 4) is 0 Å². The number of halogens is 1. The zero-order valence-corrected chi connectivity index (χ0v) is 9.78. The van der Waals surface area contributed by atoms with Crippen LogP contribution in [-0.4, -0.2) is 18.1 Å². The van der Waals surface area contributed by atoms with Crippen LogP contribution in [0.2, 0.25) is 5.15 Å². The highest BCUT2D eigenvalue weighted by Crippen LogP contribution is 2.26. The van der Waals surface area contributed by atoms with Crippen molar-refractivity contribution < 1.29 is 9.53 Å². The van der Waals surface area contributed by atoms with Gasteiger partial charge in [-0.15, -0.1) is 0 Å². The number of hydrogen-bond donors (Lipinski definition) is 0. The third-order valence-electron chi connectivity index (χ3n) is 2.23. The molecule has 15 heavy (non-hydrogen) atoms. The van der Waals surface area contributed by atoms with Gasteiger partial charge in [0.05, 0.1) is 13.0 Å². The molecule has 0 fully saturated rings. The molecule has 1 aromatic heterocycles. The number of rotatable bonds is 3. The van der Waals surface area contributed by atoms with E-state index in [1.54, 1.807) is 18.3 Å². The van der Waals surface area contributed by atoms with Crippen LogP contribution in [0.1, 0.15) is 25.3 Å². The van der Waals surface area contributed by atoms with Crippen molar-refractivity contribution in [1.29, 1.82) is 0 Å². The van der Waals surface area contributed by atoms with Gasteiger partial charge in [-0.1, -0.05) is 25.4 Å². The van der Waals surface area contributed by atoms with E-state index in [0.29, 0.717) is 5.15 Å². The molecule has 1 rings (SSSR count). The zero-order valence-electron chi connectivity index (χ0n) is 9.03. The largest absolute Gasteiger partial charge is 0.469 e. The molecule has 0 saturated carbocycles. The fraction of sp³-hybridized carbons (Fsp3) is 0.455. The third-order valence-corrected chi connectivity index (χ3v) is 2.44. The number of ether oxygens (including phenoxy) is 1. The first-order valence-electron chi connectivity index (χ1n) is 4.75. The predicted octanol–water partition coefficient (Wildman–Crippen LogP) is 2.65. The van der Waals surface area contributed by atoms with E-state index in [0.717, 1.165) is 5.56 Å². The van der Waals surface area contributed by atoms with Crippen molar-refractivity contribution in [2.45, 2.75) is 19.8 Å². The molecule has 4 heteroatoms. The van der Waals surface area contributed by atoms with Crippen molar-refractivity contribution >= 4 is 17.6 Å². The minimum Gasteiger partial charge on any atom is -0.469 e. The van der Waals surface area contributed by atoms with Gasteiger partial charge in [0.1, 0.15) is 5.15 Å². The molecule has 0 aliphatic heterocycles. The molecule has 0 amide bonds. The number of esters is 1. The lowest BCUT2D eigenvalue weighted by molar-refractivity contribution is -0.143. The van der Waals surface area contributed by atoms with Gasteiger partial charge in [0.15, 0.2) is 0 Å². The minimum absolute atomic E-state index is 0.163. The van der Waals surface area contributed by atoms with E-state index in [1.165, 1.54) is 7.11 Å². The summed E-state index contributed by atoms with van der Waals surface area (Å²) >= 11 is 5.78. The van der Waals surface area contributed by atoms with E-state index in [2.05, 4.69) is 4.98 Å². The first kappa shape index (κ1) is 12.0. The lowest BCUT2D eigenvalue weighted by Crippen LogP contribution is -2.19. The maximum absolute atomic E-state index is 11.6. The van der Waals surface area contributed by atoms with Gasteiger partial charge in [0.25, 0.3) is 0 Å². The molecule has 1 atom stereocenters. The monoisotopic (exact) mass is 227 g/mol. The van der Waals surface area contributed by atoms with Crippen LogP contribution in [0.15, 0.2) is 18.3 Å². The number of nitrogens with zero attached hydrogens (tertiary/aromatic N) is 1. The Kier molecular flexibility index (Phi) is 4.09. The van der Waals surface area contributed by atoms with Crippen molar-refractivity contribution in [2.75, 3.05) is 7.11 Å². The fourth-order valence-electron chi connectivity index (χ4n) is 1.53. The summed E-state index contributed by atoms with van der Waals surface area (Å²) in [6, 6.07) is 3.48. The van der Waals surface area contributed by atoms with E-state index in [9.17, 15) is 4.79 Å². The van der Waals surface area contributed by atoms with Gasteiger partial charge in [-0.3, -0.25) is 4.79 Å². The number of carbonyl (C=O) groups excluding carboxylic acids is 1. The molecule has 0 N–H and O–H groups in total. The lowest BCUT2D eigenvalue weighted by atomic mass is 9.89. The third kappa shape index (κ3) is 2.93. The van der Waals surface area contributed by atoms with E-state index in [-0.39, 0.29) is 17.8 Å². The molecule has 3 nitrogen and oxygen atoms in total. The Hall–Kier alpha value is -1.09. The summed E-state index contributed by atoms with van der Waals surface area (Å²) in [7, 11) is 1.39. The number of aromatic nitrogens is 1. The lowest BCUT2D eigenvalue weighted by Gasteiger charge is -2.18. The molecule has 1 unspecified atom stereocenters. The maximum atomic E-state index is 11.6. The van der Waals surface area contributed by atoms with Crippen molar-refractivity contribution in [3.63, 3.8) is 0 Å². The summed E-state index contributed by atoms with van der Waals surface area (Å²) in [5.41, 5.74) is 0.844. The number of methoxy groups -OCH3 is 1. The smallest absolute Gasteiger partial charge is 0.313 e. The highest BCUT2D eigenvalue weighted by Gasteiger charge is 2.25. The topological polar surface area (TPSA) is 39.2 Å². The Morgan fingerprint density at radius 1 is 1.53 bits per heavy atom. The minimum atomic E-state index is -0.282. The Labute approximate surface area is 94.4 Å². The Morgan fingerprint density at radius 2 is 2.20 bits per heavy atom. The number of hydrogen-bond acceptors (Lipinski definition) is 3. The Balaban J connectivity index is 3.04. The standard InChI is InChI=1S/C11H14ClNO2/c1-7(2)10(11(14)15-3)8-4-5-13-9(12)6-8/h4-7,10H,1-3H3. The van der Waals surface area contributed by atoms with E-state index >= 15 is 0 Å². The average molecular weight is 228 g/mol. The van der Waals surface area contributed by atoms with Crippen LogP contribution in [-0.2, 0) is 9.53 Å². The summed E-state index contributed by atoms with van der Waals surface area (Å²) in [6.45, 7) is 3.94. The molecule has 1 aromatic rings. The molecular formula is C11H14ClNO2. The second kappa shape index (κ2) is 5.12. The summed E-state index contributed by atoms with van der Waals surface area (Å²) in [5, 5.41) is 0.391. The van der Waals surface area contributed by atoms with Crippen LogP contribution < -0.4 is 0 Å². The van der Waals surface area contributed by atoms with E-state index in [1.807, 2.05) is 13.8 Å². The van der Waals surface area contributed by atoms with Crippen molar-refractivity contribution in [3.05, 3.63) is 29.0 Å². The second-order valence-electron chi connectivity index (χ2n) is 3.66. The first-order chi connectivity index (χ1) is 7.06. The van der Waals surface area contributed by atoms with Crippen LogP contribution in [0, 0.1) is 5.92 Å². The van der Waals surface area contributed by atoms with Gasteiger partial charge in [-0.05, 0) is 23.6 Å². The molecule has 0 bridgehead atoms. The fourth-order valence-corrected chi connectivity index (χ4v) is 1.71. The molecule has 0 saturated heterocycles. The van der Waals surface area contributed by atoms with Gasteiger partial charge in [0, 0.05) is 6.20 Å². The summed E-state index contributed by atoms with van der Waals surface area (Å²) in [6.07, 6.45) is 1.59. The first-order valence-corrected chi connectivity index (χ1v) is 5.13. The van der Waals surface area contributed by atoms with E-state index in [4.69, 9.17) is 16.3 Å². The summed E-state index contributed by atoms with van der Waals surface area (Å²) in [4.78, 5) is 15.5. The van der Waals surface area contributed by atoms with E-state index < -0.39 is 0 Å². The van der Waals surface area contributed by atoms with Crippen LogP contribution in [0.5, 0.6) is 0 Å². The van der Waals surface area contributed by atoms with Crippen molar-refractivity contribution in [2.24, 2.45) is 5.92 Å². The maximum Gasteiger partial charge on any atom is 0.313 e. The molecule has 0 aliphatic rings. The Morgan fingerprint density at radius 3 is 2.67 bits per heavy atom. The Bertz CT molecular complexity index is 352. The van der Waals surface area contributed by atoms with Crippen LogP contribution in [0.4, 0.5) is 0 Å². The van der Waals surface area contributed by atoms with Crippen LogP contribution in [0.3, 0.4) is 0 Å². The van der Waals surface area contributed by atoms with Crippen LogP contribution >= 0.6 is 11.6 Å². The molecule has 1 heterocycles. The second-order valence-corrected chi connectivity index (χ2v) is 4.04. The van der Waals surface area contributed by atoms with Gasteiger partial charge in [-0.25, -0.2) is 4.98 Å². The molecule has 0 aliphatic carbocycles. The van der Waals surface area contributed by atoms with Crippen LogP contribution in [0.25, 0.3) is 0 Å². The highest BCUT2D eigenvalue weighted by atomic mass is 35.5. The molecule has 82 valence electrons. The highest BCUT2D eigenvalue weighted by molar-refractivity contribution is 6.29. The van der Waals surface area contributed by atoms with Gasteiger partial charge < -0.3 is 4.74 Å². The molecule has 0 radical (unpaired) electrons. The SMILES string of the molecule is COC(=O)C(c1ccnc(Cl)c1)C(C)C.